The molecule has 6 heteroatoms. The second kappa shape index (κ2) is 12.7. The smallest absolute Gasteiger partial charge is 0.302 e. The number of unbranched alkanes of at least 4 members (excludes halogenated alkanes) is 1. The van der Waals surface area contributed by atoms with Crippen LogP contribution < -0.4 is 5.32 Å². The van der Waals surface area contributed by atoms with Crippen LogP contribution in [0.5, 0.6) is 0 Å². The molecule has 4 fully saturated rings. The van der Waals surface area contributed by atoms with E-state index in [1.807, 2.05) is 4.90 Å². The van der Waals surface area contributed by atoms with E-state index in [2.05, 4.69) is 73.4 Å². The highest BCUT2D eigenvalue weighted by Crippen LogP contribution is 2.76. The summed E-state index contributed by atoms with van der Waals surface area (Å²) in [6.07, 6.45) is 16.6. The highest BCUT2D eigenvalue weighted by atomic mass is 16.5. The Bertz CT molecular complexity index is 1280. The number of nitrogens with one attached hydrogen (secondary N) is 1. The Kier molecular flexibility index (Phi) is 9.74. The van der Waals surface area contributed by atoms with Crippen LogP contribution in [0.15, 0.2) is 24.3 Å². The summed E-state index contributed by atoms with van der Waals surface area (Å²) in [5, 5.41) is 3.04. The predicted molar refractivity (Wildman–Crippen MR) is 189 cm³/mol. The molecule has 5 aliphatic carbocycles. The van der Waals surface area contributed by atoms with Crippen molar-refractivity contribution in [2.75, 3.05) is 19.6 Å². The Morgan fingerprint density at radius 3 is 2.34 bits per heavy atom. The van der Waals surface area contributed by atoms with Crippen molar-refractivity contribution < 1.29 is 19.1 Å². The largest absolute Gasteiger partial charge is 0.462 e. The fourth-order valence-electron chi connectivity index (χ4n) is 12.3. The molecule has 8 atom stereocenters. The Morgan fingerprint density at radius 2 is 1.68 bits per heavy atom. The number of allylic oxidation sites excluding steroid dienone is 2. The molecular formula is C41H66N2O4. The number of hydrogen-bond donors (Lipinski definition) is 1. The molecule has 6 nitrogen and oxygen atoms in total. The van der Waals surface area contributed by atoms with E-state index in [0.29, 0.717) is 24.9 Å². The predicted octanol–water partition coefficient (Wildman–Crippen LogP) is 8.65. The van der Waals surface area contributed by atoms with Crippen LogP contribution in [0.1, 0.15) is 139 Å². The zero-order valence-corrected chi connectivity index (χ0v) is 31.4. The van der Waals surface area contributed by atoms with Gasteiger partial charge in [-0.25, -0.2) is 0 Å². The van der Waals surface area contributed by atoms with Gasteiger partial charge < -0.3 is 15.0 Å². The van der Waals surface area contributed by atoms with E-state index in [1.165, 1.54) is 6.42 Å². The maximum absolute atomic E-state index is 14.9. The maximum Gasteiger partial charge on any atom is 0.302 e. The van der Waals surface area contributed by atoms with E-state index >= 15 is 0 Å². The first-order valence-corrected chi connectivity index (χ1v) is 19.0. The molecule has 0 bridgehead atoms. The third-order valence-corrected chi connectivity index (χ3v) is 15.1. The van der Waals surface area contributed by atoms with E-state index in [1.54, 1.807) is 18.6 Å². The van der Waals surface area contributed by atoms with Gasteiger partial charge in [-0.05, 0) is 110 Å². The molecule has 47 heavy (non-hydrogen) atoms. The number of rotatable bonds is 9. The molecule has 0 spiro atoms. The average molecular weight is 651 g/mol. The molecule has 0 saturated heterocycles. The van der Waals surface area contributed by atoms with Gasteiger partial charge in [-0.3, -0.25) is 14.4 Å². The molecule has 0 aromatic rings. The summed E-state index contributed by atoms with van der Waals surface area (Å²) in [6.45, 7) is 26.0. The first-order valence-electron chi connectivity index (χ1n) is 19.0. The zero-order valence-electron chi connectivity index (χ0n) is 31.4. The number of esters is 1. The SMILES string of the molecule is C=CCN(CC(=O)NCCCC)C(=O)[C@]12CCC(C)(C)C[C@H]1C1=CC[C@@H]3[C@@]4(C)CC[C@H](OC(C)=O)C(C)(C)[C@@H]4CC[C@@]3(C)[C@]1(C)CC2. The van der Waals surface area contributed by atoms with Crippen LogP contribution >= 0.6 is 0 Å². The van der Waals surface area contributed by atoms with Crippen LogP contribution in [0.4, 0.5) is 0 Å². The van der Waals surface area contributed by atoms with Gasteiger partial charge in [-0.2, -0.15) is 0 Å². The average Bonchev–Trinajstić information content (AvgIpc) is 2.98. The number of hydrogen-bond acceptors (Lipinski definition) is 4. The normalized spacial score (nSPS) is 39.9. The van der Waals surface area contributed by atoms with Gasteiger partial charge in [0.1, 0.15) is 6.10 Å². The summed E-state index contributed by atoms with van der Waals surface area (Å²) in [7, 11) is 0. The molecule has 1 N–H and O–H groups in total. The van der Waals surface area contributed by atoms with Crippen LogP contribution in [0.25, 0.3) is 0 Å². The molecule has 0 heterocycles. The van der Waals surface area contributed by atoms with Gasteiger partial charge in [0.15, 0.2) is 0 Å². The quantitative estimate of drug-likeness (QED) is 0.154. The van der Waals surface area contributed by atoms with E-state index in [0.717, 1.165) is 70.6 Å². The van der Waals surface area contributed by atoms with Crippen molar-refractivity contribution in [1.29, 1.82) is 0 Å². The minimum Gasteiger partial charge on any atom is -0.462 e. The molecule has 0 unspecified atom stereocenters. The van der Waals surface area contributed by atoms with Crippen LogP contribution in [0.3, 0.4) is 0 Å². The standard InChI is InChI=1S/C41H66N2O4/c1-11-13-24-42-34(45)27-43(25-12-2)35(46)41-22-20-36(4,5)26-30(41)29-14-15-32-38(8)18-17-33(47-28(3)44)37(6,7)31(38)16-19-40(32,10)39(29,9)21-23-41/h12,14,30-33H,2,11,13,15-27H2,1,3-10H3,(H,42,45)/t30-,31-,32+,33-,38-,39+,40+,41-/m0/s1. The van der Waals surface area contributed by atoms with E-state index < -0.39 is 5.41 Å². The van der Waals surface area contributed by atoms with Crippen molar-refractivity contribution in [3.63, 3.8) is 0 Å². The lowest BCUT2D eigenvalue weighted by atomic mass is 9.33. The van der Waals surface area contributed by atoms with Crippen molar-refractivity contribution in [2.45, 2.75) is 145 Å². The van der Waals surface area contributed by atoms with Crippen LogP contribution in [-0.4, -0.2) is 48.4 Å². The van der Waals surface area contributed by atoms with Crippen LogP contribution in [-0.2, 0) is 19.1 Å². The molecule has 2 amide bonds. The van der Waals surface area contributed by atoms with Crippen molar-refractivity contribution in [3.8, 4) is 0 Å². The van der Waals surface area contributed by atoms with Gasteiger partial charge in [-0.1, -0.05) is 79.5 Å². The number of amides is 2. The van der Waals surface area contributed by atoms with Gasteiger partial charge in [0, 0.05) is 25.4 Å². The molecule has 0 radical (unpaired) electrons. The number of carbonyl (C=O) groups is 3. The third-order valence-electron chi connectivity index (χ3n) is 15.1. The lowest BCUT2D eigenvalue weighted by molar-refractivity contribution is -0.212. The number of fused-ring (bicyclic) bond motifs is 7. The van der Waals surface area contributed by atoms with Gasteiger partial charge in [0.25, 0.3) is 0 Å². The van der Waals surface area contributed by atoms with E-state index in [-0.39, 0.29) is 63.4 Å². The Hall–Kier alpha value is -2.11. The first kappa shape index (κ1) is 36.2. The number of nitrogens with zero attached hydrogens (tertiary/aromatic N) is 1. The van der Waals surface area contributed by atoms with Gasteiger partial charge in [-0.15, -0.1) is 6.58 Å². The monoisotopic (exact) mass is 651 g/mol. The van der Waals surface area contributed by atoms with Crippen molar-refractivity contribution in [3.05, 3.63) is 24.3 Å². The summed E-state index contributed by atoms with van der Waals surface area (Å²) in [4.78, 5) is 41.8. The maximum atomic E-state index is 14.9. The molecule has 0 aliphatic heterocycles. The summed E-state index contributed by atoms with van der Waals surface area (Å²) in [5.41, 5.74) is 1.48. The zero-order chi connectivity index (χ0) is 34.6. The first-order chi connectivity index (χ1) is 21.9. The molecule has 264 valence electrons. The van der Waals surface area contributed by atoms with Crippen LogP contribution in [0.2, 0.25) is 0 Å². The highest BCUT2D eigenvalue weighted by molar-refractivity contribution is 5.89. The molecule has 5 rings (SSSR count). The molecule has 4 saturated carbocycles. The molecular weight excluding hydrogens is 584 g/mol. The van der Waals surface area contributed by atoms with Crippen molar-refractivity contribution in [1.82, 2.24) is 10.2 Å². The summed E-state index contributed by atoms with van der Waals surface area (Å²) in [5.74, 6) is 1.17. The fourth-order valence-corrected chi connectivity index (χ4v) is 12.3. The molecule has 5 aliphatic rings. The highest BCUT2D eigenvalue weighted by Gasteiger charge is 2.69. The van der Waals surface area contributed by atoms with Crippen molar-refractivity contribution >= 4 is 17.8 Å². The van der Waals surface area contributed by atoms with Gasteiger partial charge >= 0.3 is 5.97 Å². The summed E-state index contributed by atoms with van der Waals surface area (Å²) >= 11 is 0. The second-order valence-corrected chi connectivity index (χ2v) is 18.5. The fraction of sp³-hybridized carbons (Fsp3) is 0.829. The molecule has 0 aromatic heterocycles. The van der Waals surface area contributed by atoms with Crippen molar-refractivity contribution in [2.24, 2.45) is 50.2 Å². The topological polar surface area (TPSA) is 75.7 Å². The van der Waals surface area contributed by atoms with Crippen LogP contribution in [0, 0.1) is 50.2 Å². The lowest BCUT2D eigenvalue weighted by Crippen LogP contribution is -2.66. The van der Waals surface area contributed by atoms with Gasteiger partial charge in [0.05, 0.1) is 12.0 Å². The van der Waals surface area contributed by atoms with E-state index in [4.69, 9.17) is 4.74 Å². The van der Waals surface area contributed by atoms with Gasteiger partial charge in [0.2, 0.25) is 11.8 Å². The Morgan fingerprint density at radius 1 is 0.979 bits per heavy atom. The third kappa shape index (κ3) is 5.83. The minimum absolute atomic E-state index is 0.0173. The molecule has 0 aromatic carbocycles. The summed E-state index contributed by atoms with van der Waals surface area (Å²) in [6, 6.07) is 0. The number of carbonyl (C=O) groups excluding carboxylic acids is 3. The lowest BCUT2D eigenvalue weighted by Gasteiger charge is -2.71. The number of ether oxygens (including phenoxy) is 1. The minimum atomic E-state index is -0.470. The Balaban J connectivity index is 1.50. The summed E-state index contributed by atoms with van der Waals surface area (Å²) < 4.78 is 5.95. The Labute approximate surface area is 286 Å². The second-order valence-electron chi connectivity index (χ2n) is 18.5. The van der Waals surface area contributed by atoms with E-state index in [9.17, 15) is 14.4 Å².